The fraction of sp³-hybridized carbons (Fsp3) is 1.00. The van der Waals surface area contributed by atoms with E-state index in [2.05, 4.69) is 110 Å². The molecule has 4 atom stereocenters. The van der Waals surface area contributed by atoms with Crippen molar-refractivity contribution in [1.82, 2.24) is 0 Å². The second kappa shape index (κ2) is 16.6. The standard InChI is InChI=1S/2C12H28P2.Au.BrH/c2*1-11(2,3)13(7)9-10-14(8)12(4,5)6;;/h2*9-10H2,1-8H3;;1H/q;;+1;/p-1. The number of rotatable bonds is 6. The Kier molecular flexibility index (Phi) is 22.2. The summed E-state index contributed by atoms with van der Waals surface area (Å²) in [5.74, 6) is 0. The van der Waals surface area contributed by atoms with Gasteiger partial charge in [-0.3, -0.25) is 0 Å². The molecule has 0 saturated carbocycles. The number of hydrogen-bond donors (Lipinski definition) is 0. The topological polar surface area (TPSA) is 0 Å². The molecule has 0 amide bonds. The first-order valence-corrected chi connectivity index (χ1v) is 18.8. The van der Waals surface area contributed by atoms with Crippen molar-refractivity contribution in [3.05, 3.63) is 0 Å². The second-order valence-electron chi connectivity index (χ2n) is 12.4. The van der Waals surface area contributed by atoms with Crippen LogP contribution in [-0.2, 0) is 22.4 Å². The van der Waals surface area contributed by atoms with Gasteiger partial charge in [0.2, 0.25) is 0 Å². The average molecular weight is 745 g/mol. The normalized spacial score (nSPS) is 16.8. The molecule has 190 valence electrons. The van der Waals surface area contributed by atoms with Gasteiger partial charge in [-0.15, -0.1) is 31.7 Å². The summed E-state index contributed by atoms with van der Waals surface area (Å²) in [5, 5.41) is 2.18. The van der Waals surface area contributed by atoms with Gasteiger partial charge in [0.05, 0.1) is 0 Å². The van der Waals surface area contributed by atoms with Crippen LogP contribution in [0.1, 0.15) is 83.1 Å². The number of halogens is 1. The van der Waals surface area contributed by atoms with Crippen molar-refractivity contribution in [2.75, 3.05) is 51.3 Å². The van der Waals surface area contributed by atoms with Gasteiger partial charge in [-0.1, -0.05) is 83.1 Å². The predicted octanol–water partition coefficient (Wildman–Crippen LogP) is 6.62. The van der Waals surface area contributed by atoms with Crippen LogP contribution in [0.15, 0.2) is 0 Å². The molecule has 0 aliphatic carbocycles. The van der Waals surface area contributed by atoms with Crippen LogP contribution >= 0.6 is 31.7 Å². The molecule has 0 saturated heterocycles. The summed E-state index contributed by atoms with van der Waals surface area (Å²) in [6, 6.07) is 0. The Hall–Kier alpha value is 2.94. The van der Waals surface area contributed by atoms with Crippen LogP contribution < -0.4 is 17.0 Å². The van der Waals surface area contributed by atoms with Crippen LogP contribution in [0, 0.1) is 0 Å². The zero-order chi connectivity index (χ0) is 23.1. The van der Waals surface area contributed by atoms with E-state index in [-0.39, 0.29) is 71.0 Å². The van der Waals surface area contributed by atoms with E-state index in [4.69, 9.17) is 0 Å². The second-order valence-corrected chi connectivity index (χ2v) is 25.1. The molecule has 6 heteroatoms. The zero-order valence-electron chi connectivity index (χ0n) is 23.3. The molecule has 0 aromatic carbocycles. The Bertz CT molecular complexity index is 337. The molecule has 0 nitrogen and oxygen atoms in total. The molecular formula is C24H56AuBrP4. The minimum atomic E-state index is 0. The van der Waals surface area contributed by atoms with Crippen LogP contribution in [0.2, 0.25) is 0 Å². The summed E-state index contributed by atoms with van der Waals surface area (Å²) in [7, 11) is 0.860. The molecule has 0 N–H and O–H groups in total. The molecule has 0 bridgehead atoms. The van der Waals surface area contributed by atoms with Crippen LogP contribution in [0.4, 0.5) is 0 Å². The monoisotopic (exact) mass is 744 g/mol. The van der Waals surface area contributed by atoms with Crippen molar-refractivity contribution in [2.24, 2.45) is 0 Å². The SMILES string of the molecule is CP(CCP(C)C(C)(C)C)C(C)(C)C.CP(CCP(C)C(C)(C)C)C(C)(C)C.[Au+].[Br-]. The van der Waals surface area contributed by atoms with E-state index in [0.29, 0.717) is 20.6 Å². The maximum Gasteiger partial charge on any atom is 1.00 e. The summed E-state index contributed by atoms with van der Waals surface area (Å²) < 4.78 is 0. The third-order valence-corrected chi connectivity index (χ3v) is 19.6. The smallest absolute Gasteiger partial charge is 1.00 e. The molecule has 0 rings (SSSR count). The van der Waals surface area contributed by atoms with E-state index in [0.717, 1.165) is 0 Å². The van der Waals surface area contributed by atoms with Gasteiger partial charge < -0.3 is 17.0 Å². The van der Waals surface area contributed by atoms with Gasteiger partial charge in [0.25, 0.3) is 0 Å². The molecule has 0 heterocycles. The van der Waals surface area contributed by atoms with Crippen molar-refractivity contribution in [3.63, 3.8) is 0 Å². The Labute approximate surface area is 224 Å². The van der Waals surface area contributed by atoms with E-state index in [1.54, 1.807) is 0 Å². The minimum absolute atomic E-state index is 0. The van der Waals surface area contributed by atoms with Crippen molar-refractivity contribution in [1.29, 1.82) is 0 Å². The summed E-state index contributed by atoms with van der Waals surface area (Å²) in [5.41, 5.74) is 0. The molecule has 0 fully saturated rings. The van der Waals surface area contributed by atoms with Crippen molar-refractivity contribution in [3.8, 4) is 0 Å². The van der Waals surface area contributed by atoms with Gasteiger partial charge >= 0.3 is 22.4 Å². The van der Waals surface area contributed by atoms with Gasteiger partial charge in [0.1, 0.15) is 0 Å². The quantitative estimate of drug-likeness (QED) is 0.212. The molecule has 30 heavy (non-hydrogen) atoms. The van der Waals surface area contributed by atoms with E-state index < -0.39 is 0 Å². The summed E-state index contributed by atoms with van der Waals surface area (Å²) in [4.78, 5) is 0. The first kappa shape index (κ1) is 40.1. The largest absolute Gasteiger partial charge is 1.00 e. The summed E-state index contributed by atoms with van der Waals surface area (Å²) in [6.45, 7) is 38.4. The number of hydrogen-bond acceptors (Lipinski definition) is 0. The van der Waals surface area contributed by atoms with Gasteiger partial charge in [-0.2, -0.15) is 0 Å². The molecule has 0 aromatic heterocycles. The molecule has 0 aliphatic rings. The fourth-order valence-corrected chi connectivity index (χ4v) is 9.42. The molecule has 0 radical (unpaired) electrons. The van der Waals surface area contributed by atoms with Gasteiger partial charge in [0, 0.05) is 0 Å². The summed E-state index contributed by atoms with van der Waals surface area (Å²) in [6.07, 6.45) is 5.83. The summed E-state index contributed by atoms with van der Waals surface area (Å²) >= 11 is 0. The van der Waals surface area contributed by atoms with E-state index in [9.17, 15) is 0 Å². The molecular weight excluding hydrogens is 689 g/mol. The van der Waals surface area contributed by atoms with Crippen LogP contribution in [0.5, 0.6) is 0 Å². The Morgan fingerprint density at radius 3 is 0.533 bits per heavy atom. The van der Waals surface area contributed by atoms with Crippen LogP contribution in [0.3, 0.4) is 0 Å². The maximum atomic E-state index is 2.46. The Morgan fingerprint density at radius 2 is 0.467 bits per heavy atom. The van der Waals surface area contributed by atoms with Crippen molar-refractivity contribution in [2.45, 2.75) is 104 Å². The van der Waals surface area contributed by atoms with Crippen molar-refractivity contribution < 1.29 is 39.4 Å². The van der Waals surface area contributed by atoms with Crippen LogP contribution in [0.25, 0.3) is 0 Å². The Balaban J connectivity index is -0.000000211. The minimum Gasteiger partial charge on any atom is -1.00 e. The third-order valence-electron chi connectivity index (χ3n) is 6.12. The fourth-order valence-electron chi connectivity index (χ4n) is 1.94. The maximum absolute atomic E-state index is 2.46. The van der Waals surface area contributed by atoms with Crippen molar-refractivity contribution >= 4 is 31.7 Å². The molecule has 0 aromatic rings. The van der Waals surface area contributed by atoms with Gasteiger partial charge in [0.15, 0.2) is 0 Å². The molecule has 0 spiro atoms. The van der Waals surface area contributed by atoms with E-state index in [1.807, 2.05) is 0 Å². The molecule has 0 aliphatic heterocycles. The van der Waals surface area contributed by atoms with Gasteiger partial charge in [-0.25, -0.2) is 0 Å². The first-order chi connectivity index (χ1) is 12.1. The van der Waals surface area contributed by atoms with Crippen LogP contribution in [-0.4, -0.2) is 71.9 Å². The predicted molar refractivity (Wildman–Crippen MR) is 150 cm³/mol. The zero-order valence-corrected chi connectivity index (χ0v) is 30.6. The van der Waals surface area contributed by atoms with E-state index in [1.165, 1.54) is 24.6 Å². The third kappa shape index (κ3) is 20.3. The van der Waals surface area contributed by atoms with Gasteiger partial charge in [-0.05, 0) is 71.9 Å². The van der Waals surface area contributed by atoms with E-state index >= 15 is 0 Å². The molecule has 4 unspecified atom stereocenters. The average Bonchev–Trinajstić information content (AvgIpc) is 2.45. The Morgan fingerprint density at radius 1 is 0.367 bits per heavy atom. The first-order valence-electron chi connectivity index (χ1n) is 10.9.